The number of rotatable bonds is 3. The molecule has 3 nitrogen and oxygen atoms in total. The predicted molar refractivity (Wildman–Crippen MR) is 349 cm³/mol. The van der Waals surface area contributed by atoms with Crippen molar-refractivity contribution in [2.75, 3.05) is 14.7 Å². The van der Waals surface area contributed by atoms with Crippen LogP contribution in [0.4, 0.5) is 39.8 Å². The highest BCUT2D eigenvalue weighted by Crippen LogP contribution is 2.67. The van der Waals surface area contributed by atoms with Crippen LogP contribution in [-0.2, 0) is 32.5 Å². The third kappa shape index (κ3) is 6.20. The molecule has 0 spiro atoms. The van der Waals surface area contributed by atoms with Gasteiger partial charge >= 0.3 is 0 Å². The molecule has 0 aromatic heterocycles. The molecule has 8 aromatic rings. The maximum atomic E-state index is 3.00. The Morgan fingerprint density at radius 2 is 1.05 bits per heavy atom. The van der Waals surface area contributed by atoms with E-state index in [0.717, 1.165) is 12.8 Å². The lowest BCUT2D eigenvalue weighted by atomic mass is 9.33. The number of benzene rings is 8. The normalized spacial score (nSPS) is 25.1. The molecule has 4 atom stereocenters. The van der Waals surface area contributed by atoms with Gasteiger partial charge in [0.15, 0.2) is 0 Å². The Kier molecular flexibility index (Phi) is 10.00. The summed E-state index contributed by atoms with van der Waals surface area (Å²) < 4.78 is 0. The number of fused-ring (bicyclic) bond motifs is 14. The van der Waals surface area contributed by atoms with Crippen molar-refractivity contribution >= 4 is 62.9 Å². The quantitative estimate of drug-likeness (QED) is 0.163. The van der Waals surface area contributed by atoms with Crippen LogP contribution in [0.25, 0.3) is 33.4 Å². The van der Waals surface area contributed by atoms with Crippen LogP contribution in [0.1, 0.15) is 193 Å². The van der Waals surface area contributed by atoms with E-state index in [9.17, 15) is 0 Å². The van der Waals surface area contributed by atoms with E-state index >= 15 is 0 Å². The summed E-state index contributed by atoms with van der Waals surface area (Å²) in [5.74, 6) is 0. The van der Waals surface area contributed by atoms with Crippen LogP contribution in [0.3, 0.4) is 0 Å². The van der Waals surface area contributed by atoms with Gasteiger partial charge in [0, 0.05) is 66.9 Å². The number of hydrogen-bond donors (Lipinski definition) is 0. The van der Waals surface area contributed by atoms with E-state index in [1.165, 1.54) is 167 Å². The van der Waals surface area contributed by atoms with Crippen molar-refractivity contribution in [2.45, 2.75) is 192 Å². The Morgan fingerprint density at radius 3 is 1.73 bits per heavy atom. The van der Waals surface area contributed by atoms with E-state index in [1.54, 1.807) is 5.56 Å². The molecule has 4 bridgehead atoms. The first-order valence-corrected chi connectivity index (χ1v) is 31.5. The fourth-order valence-electron chi connectivity index (χ4n) is 18.7. The van der Waals surface area contributed by atoms with Crippen LogP contribution < -0.4 is 31.1 Å². The summed E-state index contributed by atoms with van der Waals surface area (Å²) in [5, 5.41) is 0. The Bertz CT molecular complexity index is 4110. The van der Waals surface area contributed by atoms with Gasteiger partial charge in [-0.25, -0.2) is 0 Å². The molecule has 2 saturated carbocycles. The van der Waals surface area contributed by atoms with Crippen LogP contribution >= 0.6 is 0 Å². The summed E-state index contributed by atoms with van der Waals surface area (Å²) in [7, 11) is 0. The Balaban J connectivity index is 1.10. The largest absolute Gasteiger partial charge is 0.335 e. The van der Waals surface area contributed by atoms with E-state index in [4.69, 9.17) is 0 Å². The van der Waals surface area contributed by atoms with E-state index in [2.05, 4.69) is 257 Å². The molecule has 5 aliphatic heterocycles. The van der Waals surface area contributed by atoms with Gasteiger partial charge in [-0.15, -0.1) is 0 Å². The van der Waals surface area contributed by atoms with Crippen molar-refractivity contribution < 1.29 is 0 Å². The Labute approximate surface area is 490 Å². The van der Waals surface area contributed by atoms with E-state index in [1.807, 2.05) is 0 Å². The summed E-state index contributed by atoms with van der Waals surface area (Å²) in [6.45, 7) is 35.3. The highest BCUT2D eigenvalue weighted by atomic mass is 15.3. The highest BCUT2D eigenvalue weighted by Gasteiger charge is 2.63. The van der Waals surface area contributed by atoms with E-state index < -0.39 is 0 Å². The molecule has 82 heavy (non-hydrogen) atoms. The molecule has 8 aliphatic rings. The maximum Gasteiger partial charge on any atom is 0.252 e. The summed E-state index contributed by atoms with van der Waals surface area (Å²) in [6.07, 6.45) is 9.61. The molecule has 8 aromatic carbocycles. The van der Waals surface area contributed by atoms with Crippen LogP contribution in [0, 0.1) is 0 Å². The zero-order valence-corrected chi connectivity index (χ0v) is 51.4. The predicted octanol–water partition coefficient (Wildman–Crippen LogP) is 18.7. The van der Waals surface area contributed by atoms with Crippen LogP contribution in [0.5, 0.6) is 0 Å². The third-order valence-electron chi connectivity index (χ3n) is 23.8. The average Bonchev–Trinajstić information content (AvgIpc) is 1.60. The number of hydrogen-bond acceptors (Lipinski definition) is 3. The van der Waals surface area contributed by atoms with Gasteiger partial charge in [-0.1, -0.05) is 212 Å². The lowest BCUT2D eigenvalue weighted by molar-refractivity contribution is 0.194. The van der Waals surface area contributed by atoms with Crippen LogP contribution in [0.15, 0.2) is 146 Å². The summed E-state index contributed by atoms with van der Waals surface area (Å²) >= 11 is 0. The van der Waals surface area contributed by atoms with Crippen LogP contribution in [-0.4, -0.2) is 17.8 Å². The monoisotopic (exact) mass is 1070 g/mol. The molecule has 3 aliphatic carbocycles. The van der Waals surface area contributed by atoms with E-state index in [-0.39, 0.29) is 50.3 Å². The smallest absolute Gasteiger partial charge is 0.252 e. The van der Waals surface area contributed by atoms with Gasteiger partial charge in [-0.05, 0) is 176 Å². The second-order valence-corrected chi connectivity index (χ2v) is 30.7. The average molecular weight is 1070 g/mol. The van der Waals surface area contributed by atoms with Crippen molar-refractivity contribution in [3.8, 4) is 33.4 Å². The first kappa shape index (κ1) is 50.9. The molecule has 4 heteroatoms. The van der Waals surface area contributed by atoms with Gasteiger partial charge in [0.1, 0.15) is 0 Å². The van der Waals surface area contributed by atoms with Crippen molar-refractivity contribution in [1.29, 1.82) is 0 Å². The highest BCUT2D eigenvalue weighted by molar-refractivity contribution is 7.00. The SMILES string of the molecule is CC(C)(C)c1cc2c3c(c1)C1(C)CCCCC1(C)N3c1cc(N3c4ccc(-c5ccccc5)cc4C4(C)CCCCC34C)cc3c1B2c1ccc2c4c1N3c1cc(c(C(C)(C)C)cc1-c1ccccc1)C(C)(C)c1ccc(c-4c1)C2(C)C. The molecule has 16 rings (SSSR count). The molecular weight excluding hydrogens is 990 g/mol. The molecule has 0 saturated heterocycles. The molecule has 412 valence electrons. The van der Waals surface area contributed by atoms with Gasteiger partial charge in [0.25, 0.3) is 6.71 Å². The fourth-order valence-corrected chi connectivity index (χ4v) is 18.7. The molecular formula is C78H82BN3. The van der Waals surface area contributed by atoms with E-state index in [0.29, 0.717) is 0 Å². The topological polar surface area (TPSA) is 9.72 Å². The molecule has 5 heterocycles. The number of nitrogens with zero attached hydrogens (tertiary/aromatic N) is 3. The van der Waals surface area contributed by atoms with Gasteiger partial charge in [0.2, 0.25) is 0 Å². The lowest BCUT2D eigenvalue weighted by Gasteiger charge is -2.54. The second kappa shape index (κ2) is 16.1. The zero-order valence-electron chi connectivity index (χ0n) is 51.4. The molecule has 0 amide bonds. The first-order chi connectivity index (χ1) is 38.9. The van der Waals surface area contributed by atoms with Crippen molar-refractivity contribution in [3.05, 3.63) is 190 Å². The van der Waals surface area contributed by atoms with Gasteiger partial charge in [0.05, 0.1) is 16.8 Å². The minimum Gasteiger partial charge on any atom is -0.335 e. The minimum absolute atomic E-state index is 0.00769. The molecule has 0 N–H and O–H groups in total. The standard InChI is InChI=1S/C78H82BN3/c1-71(2,3)51-41-60-69-62(42-51)79-61-33-32-56-67-54-40-50(30-31-55(54)74(56,9)10)73(7,8)58-46-64(53(45-57(58)72(4,5)6)48-27-19-16-20-28-48)80(70(61)67)65-43-52(44-66(68(65)79)82(69)78(14)38-24-22-36-76(60,78)12)81-63-34-29-49(47-25-17-15-18-26-47)39-59(63)75(11)35-21-23-37-77(75,81)13/h15-20,25-34,39-46H,21-24,35-38H2,1-14H3. The van der Waals surface area contributed by atoms with Crippen LogP contribution in [0.2, 0.25) is 0 Å². The summed E-state index contributed by atoms with van der Waals surface area (Å²) in [5.41, 5.74) is 32.5. The van der Waals surface area contributed by atoms with Gasteiger partial charge in [-0.2, -0.15) is 0 Å². The summed E-state index contributed by atoms with van der Waals surface area (Å²) in [6, 6.07) is 59.2. The van der Waals surface area contributed by atoms with Gasteiger partial charge < -0.3 is 14.7 Å². The zero-order chi connectivity index (χ0) is 56.8. The van der Waals surface area contributed by atoms with Gasteiger partial charge in [-0.3, -0.25) is 0 Å². The summed E-state index contributed by atoms with van der Waals surface area (Å²) in [4.78, 5) is 8.80. The molecule has 0 radical (unpaired) electrons. The maximum absolute atomic E-state index is 3.00. The fraction of sp³-hybridized carbons (Fsp3) is 0.385. The minimum atomic E-state index is -0.310. The molecule has 4 unspecified atom stereocenters. The van der Waals surface area contributed by atoms with Crippen molar-refractivity contribution in [1.82, 2.24) is 0 Å². The molecule has 2 fully saturated rings. The number of anilines is 7. The second-order valence-electron chi connectivity index (χ2n) is 30.7. The van der Waals surface area contributed by atoms with Crippen molar-refractivity contribution in [2.24, 2.45) is 0 Å². The van der Waals surface area contributed by atoms with Crippen molar-refractivity contribution in [3.63, 3.8) is 0 Å². The first-order valence-electron chi connectivity index (χ1n) is 31.5. The lowest BCUT2D eigenvalue weighted by Crippen LogP contribution is -2.65. The third-order valence-corrected chi connectivity index (χ3v) is 23.8. The Hall–Kier alpha value is -6.78. The Morgan fingerprint density at radius 1 is 0.415 bits per heavy atom.